The van der Waals surface area contributed by atoms with E-state index in [9.17, 15) is 4.79 Å². The molecular weight excluding hydrogens is 250 g/mol. The molecule has 0 unspecified atom stereocenters. The van der Waals surface area contributed by atoms with E-state index in [-0.39, 0.29) is 12.0 Å². The van der Waals surface area contributed by atoms with Gasteiger partial charge < -0.3 is 10.1 Å². The molecule has 0 aliphatic carbocycles. The molecule has 0 fully saturated rings. The minimum absolute atomic E-state index is 0.0436. The molecule has 1 N–H and O–H groups in total. The summed E-state index contributed by atoms with van der Waals surface area (Å²) in [6.45, 7) is 10.2. The molecule has 0 saturated heterocycles. The molecule has 0 bridgehead atoms. The van der Waals surface area contributed by atoms with Gasteiger partial charge in [0, 0.05) is 0 Å². The number of nitrogens with one attached hydrogen (secondary N) is 1. The second kappa shape index (κ2) is 6.80. The van der Waals surface area contributed by atoms with Gasteiger partial charge in [0.2, 0.25) is 5.91 Å². The largest absolute Gasteiger partial charge is 0.366 e. The van der Waals surface area contributed by atoms with Crippen molar-refractivity contribution in [3.05, 3.63) is 10.6 Å². The smallest absolute Gasteiger partial charge is 0.249 e. The second-order valence-electron chi connectivity index (χ2n) is 4.78. The van der Waals surface area contributed by atoms with Crippen molar-refractivity contribution in [2.45, 2.75) is 59.3 Å². The van der Waals surface area contributed by atoms with Crippen LogP contribution in [-0.2, 0) is 16.1 Å². The van der Waals surface area contributed by atoms with E-state index in [1.165, 1.54) is 11.5 Å². The molecular formula is C12H21N3O2S. The SMILES string of the molecule is CC(C)O[C@H](C)C(=O)NCc1snnc1C(C)C. The fourth-order valence-electron chi connectivity index (χ4n) is 1.56. The van der Waals surface area contributed by atoms with Crippen molar-refractivity contribution in [2.75, 3.05) is 0 Å². The van der Waals surface area contributed by atoms with Crippen LogP contribution in [0, 0.1) is 0 Å². The van der Waals surface area contributed by atoms with E-state index < -0.39 is 6.10 Å². The molecule has 18 heavy (non-hydrogen) atoms. The van der Waals surface area contributed by atoms with Gasteiger partial charge in [-0.05, 0) is 38.2 Å². The molecule has 1 rings (SSSR count). The van der Waals surface area contributed by atoms with Crippen LogP contribution in [0.25, 0.3) is 0 Å². The van der Waals surface area contributed by atoms with E-state index in [0.29, 0.717) is 12.5 Å². The molecule has 0 aromatic carbocycles. The Hall–Kier alpha value is -1.01. The van der Waals surface area contributed by atoms with Gasteiger partial charge in [0.15, 0.2) is 0 Å². The number of ether oxygens (including phenoxy) is 1. The molecule has 1 amide bonds. The van der Waals surface area contributed by atoms with Crippen LogP contribution in [-0.4, -0.2) is 27.7 Å². The van der Waals surface area contributed by atoms with Crippen molar-refractivity contribution in [1.29, 1.82) is 0 Å². The van der Waals surface area contributed by atoms with Crippen molar-refractivity contribution >= 4 is 17.4 Å². The Morgan fingerprint density at radius 3 is 2.56 bits per heavy atom. The van der Waals surface area contributed by atoms with E-state index in [2.05, 4.69) is 28.8 Å². The van der Waals surface area contributed by atoms with Gasteiger partial charge >= 0.3 is 0 Å². The van der Waals surface area contributed by atoms with Crippen molar-refractivity contribution in [3.63, 3.8) is 0 Å². The quantitative estimate of drug-likeness (QED) is 0.860. The first-order valence-corrected chi connectivity index (χ1v) is 6.93. The Balaban J connectivity index is 2.49. The molecule has 0 aliphatic heterocycles. The second-order valence-corrected chi connectivity index (χ2v) is 5.62. The highest BCUT2D eigenvalue weighted by Crippen LogP contribution is 2.19. The fraction of sp³-hybridized carbons (Fsp3) is 0.750. The Labute approximate surface area is 112 Å². The van der Waals surface area contributed by atoms with E-state index >= 15 is 0 Å². The van der Waals surface area contributed by atoms with Crippen molar-refractivity contribution in [3.8, 4) is 0 Å². The average Bonchev–Trinajstić information content (AvgIpc) is 2.72. The zero-order chi connectivity index (χ0) is 13.7. The van der Waals surface area contributed by atoms with Gasteiger partial charge in [0.25, 0.3) is 0 Å². The molecule has 0 saturated carbocycles. The minimum atomic E-state index is -0.437. The standard InChI is InChI=1S/C12H21N3O2S/c1-7(2)11-10(18-15-14-11)6-13-12(16)9(5)17-8(3)4/h7-9H,6H2,1-5H3,(H,13,16)/t9-/m1/s1. The van der Waals surface area contributed by atoms with Crippen molar-refractivity contribution in [2.24, 2.45) is 0 Å². The number of nitrogens with zero attached hydrogens (tertiary/aromatic N) is 2. The zero-order valence-corrected chi connectivity index (χ0v) is 12.4. The molecule has 1 heterocycles. The van der Waals surface area contributed by atoms with E-state index in [1.807, 2.05) is 13.8 Å². The van der Waals surface area contributed by atoms with Crippen molar-refractivity contribution in [1.82, 2.24) is 14.9 Å². The monoisotopic (exact) mass is 271 g/mol. The molecule has 0 radical (unpaired) electrons. The normalized spacial score (nSPS) is 13.1. The van der Waals surface area contributed by atoms with E-state index in [4.69, 9.17) is 4.74 Å². The number of carbonyl (C=O) groups excluding carboxylic acids is 1. The van der Waals surface area contributed by atoms with Gasteiger partial charge in [-0.3, -0.25) is 4.79 Å². The van der Waals surface area contributed by atoms with Crippen LogP contribution in [0.3, 0.4) is 0 Å². The lowest BCUT2D eigenvalue weighted by Crippen LogP contribution is -2.35. The molecule has 6 heteroatoms. The van der Waals surface area contributed by atoms with Gasteiger partial charge in [-0.2, -0.15) is 0 Å². The maximum Gasteiger partial charge on any atom is 0.249 e. The predicted molar refractivity (Wildman–Crippen MR) is 71.5 cm³/mol. The lowest BCUT2D eigenvalue weighted by molar-refractivity contribution is -0.134. The third-order valence-electron chi connectivity index (χ3n) is 2.40. The zero-order valence-electron chi connectivity index (χ0n) is 11.6. The average molecular weight is 271 g/mol. The van der Waals surface area contributed by atoms with Crippen LogP contribution in [0.5, 0.6) is 0 Å². The van der Waals surface area contributed by atoms with Crippen LogP contribution >= 0.6 is 11.5 Å². The molecule has 5 nitrogen and oxygen atoms in total. The maximum atomic E-state index is 11.8. The lowest BCUT2D eigenvalue weighted by atomic mass is 10.1. The first kappa shape index (κ1) is 15.0. The van der Waals surface area contributed by atoms with Crippen LogP contribution in [0.15, 0.2) is 0 Å². The number of amides is 1. The summed E-state index contributed by atoms with van der Waals surface area (Å²) in [5, 5.41) is 6.92. The molecule has 1 aromatic rings. The lowest BCUT2D eigenvalue weighted by Gasteiger charge is -2.15. The van der Waals surface area contributed by atoms with Gasteiger partial charge in [-0.25, -0.2) is 0 Å². The summed E-state index contributed by atoms with van der Waals surface area (Å²) in [4.78, 5) is 12.8. The molecule has 0 aliphatic rings. The molecule has 1 aromatic heterocycles. The van der Waals surface area contributed by atoms with E-state index in [0.717, 1.165) is 10.6 Å². The van der Waals surface area contributed by atoms with Crippen molar-refractivity contribution < 1.29 is 9.53 Å². The van der Waals surface area contributed by atoms with Gasteiger partial charge in [-0.15, -0.1) is 5.10 Å². The third kappa shape index (κ3) is 4.34. The van der Waals surface area contributed by atoms with Crippen LogP contribution < -0.4 is 5.32 Å². The fourth-order valence-corrected chi connectivity index (χ4v) is 2.29. The Morgan fingerprint density at radius 1 is 1.33 bits per heavy atom. The maximum absolute atomic E-state index is 11.8. The highest BCUT2D eigenvalue weighted by molar-refractivity contribution is 7.05. The van der Waals surface area contributed by atoms with Crippen LogP contribution in [0.2, 0.25) is 0 Å². The number of hydrogen-bond acceptors (Lipinski definition) is 5. The number of aromatic nitrogens is 2. The summed E-state index contributed by atoms with van der Waals surface area (Å²) < 4.78 is 9.34. The number of hydrogen-bond donors (Lipinski definition) is 1. The highest BCUT2D eigenvalue weighted by Gasteiger charge is 2.17. The summed E-state index contributed by atoms with van der Waals surface area (Å²) in [5.74, 6) is 0.215. The molecule has 102 valence electrons. The first-order valence-electron chi connectivity index (χ1n) is 6.16. The Bertz CT molecular complexity index is 390. The first-order chi connectivity index (χ1) is 8.41. The predicted octanol–water partition coefficient (Wildman–Crippen LogP) is 2.09. The minimum Gasteiger partial charge on any atom is -0.366 e. The third-order valence-corrected chi connectivity index (χ3v) is 3.14. The van der Waals surface area contributed by atoms with E-state index in [1.54, 1.807) is 6.92 Å². The topological polar surface area (TPSA) is 64.1 Å². The summed E-state index contributed by atoms with van der Waals surface area (Å²) in [6, 6.07) is 0. The Kier molecular flexibility index (Phi) is 5.68. The molecule has 1 atom stereocenters. The number of rotatable bonds is 6. The number of carbonyl (C=O) groups is 1. The summed E-state index contributed by atoms with van der Waals surface area (Å²) in [6.07, 6.45) is -0.393. The van der Waals surface area contributed by atoms with Crippen LogP contribution in [0.4, 0.5) is 0 Å². The van der Waals surface area contributed by atoms with Gasteiger partial charge in [0.05, 0.1) is 23.2 Å². The Morgan fingerprint density at radius 2 is 2.00 bits per heavy atom. The summed E-state index contributed by atoms with van der Waals surface area (Å²) in [5.41, 5.74) is 0.956. The van der Waals surface area contributed by atoms with Gasteiger partial charge in [0.1, 0.15) is 6.10 Å². The highest BCUT2D eigenvalue weighted by atomic mass is 32.1. The van der Waals surface area contributed by atoms with Gasteiger partial charge in [-0.1, -0.05) is 18.3 Å². The summed E-state index contributed by atoms with van der Waals surface area (Å²) >= 11 is 1.33. The van der Waals surface area contributed by atoms with Crippen LogP contribution in [0.1, 0.15) is 51.1 Å². The molecule has 0 spiro atoms. The summed E-state index contributed by atoms with van der Waals surface area (Å²) in [7, 11) is 0.